The third-order valence-corrected chi connectivity index (χ3v) is 5.11. The average molecular weight is 389 g/mol. The van der Waals surface area contributed by atoms with Crippen LogP contribution in [0.2, 0.25) is 5.02 Å². The van der Waals surface area contributed by atoms with Crippen molar-refractivity contribution in [3.8, 4) is 22.6 Å². The standard InChI is InChI=1S/C21H25ClN2O3/c1-3-23(4-2)14-20(26)24-8-9-27-21-17(13-24)10-16(12-19(21)25)15-6-5-7-18(22)11-15/h5-7,10-12,25H,3-4,8-9,13-14H2,1-2H3. The van der Waals surface area contributed by atoms with Crippen molar-refractivity contribution < 1.29 is 14.6 Å². The largest absolute Gasteiger partial charge is 0.504 e. The van der Waals surface area contributed by atoms with Crippen molar-refractivity contribution >= 4 is 17.5 Å². The molecule has 144 valence electrons. The molecule has 0 saturated carbocycles. The Bertz CT molecular complexity index is 821. The molecule has 1 N–H and O–H groups in total. The highest BCUT2D eigenvalue weighted by molar-refractivity contribution is 6.30. The van der Waals surface area contributed by atoms with E-state index in [0.717, 1.165) is 29.8 Å². The van der Waals surface area contributed by atoms with Crippen molar-refractivity contribution in [2.45, 2.75) is 20.4 Å². The van der Waals surface area contributed by atoms with Crippen LogP contribution in [-0.2, 0) is 11.3 Å². The molecule has 6 heteroatoms. The predicted molar refractivity (Wildman–Crippen MR) is 107 cm³/mol. The fraction of sp³-hybridized carbons (Fsp3) is 0.381. The van der Waals surface area contributed by atoms with Crippen molar-refractivity contribution in [1.29, 1.82) is 0 Å². The molecule has 0 bridgehead atoms. The Labute approximate surface area is 165 Å². The van der Waals surface area contributed by atoms with Crippen molar-refractivity contribution in [2.24, 2.45) is 0 Å². The van der Waals surface area contributed by atoms with Crippen LogP contribution in [-0.4, -0.2) is 53.6 Å². The Morgan fingerprint density at radius 1 is 1.22 bits per heavy atom. The molecule has 1 amide bonds. The van der Waals surface area contributed by atoms with Crippen molar-refractivity contribution in [3.63, 3.8) is 0 Å². The molecule has 0 aromatic heterocycles. The Kier molecular flexibility index (Phi) is 6.24. The number of phenols is 1. The Hall–Kier alpha value is -2.24. The lowest BCUT2D eigenvalue weighted by molar-refractivity contribution is -0.133. The van der Waals surface area contributed by atoms with Crippen molar-refractivity contribution in [1.82, 2.24) is 9.80 Å². The maximum absolute atomic E-state index is 12.7. The molecule has 5 nitrogen and oxygen atoms in total. The molecule has 1 aliphatic rings. The Morgan fingerprint density at radius 3 is 2.70 bits per heavy atom. The molecule has 27 heavy (non-hydrogen) atoms. The number of nitrogens with zero attached hydrogens (tertiary/aromatic N) is 2. The molecular formula is C21H25ClN2O3. The number of likely N-dealkylation sites (N-methyl/N-ethyl adjacent to an activating group) is 1. The van der Waals surface area contributed by atoms with Crippen LogP contribution in [0.5, 0.6) is 11.5 Å². The molecule has 0 atom stereocenters. The monoisotopic (exact) mass is 388 g/mol. The number of rotatable bonds is 5. The van der Waals surface area contributed by atoms with Crippen LogP contribution >= 0.6 is 11.6 Å². The van der Waals surface area contributed by atoms with E-state index in [-0.39, 0.29) is 11.7 Å². The van der Waals surface area contributed by atoms with Crippen LogP contribution in [0, 0.1) is 0 Å². The first-order chi connectivity index (χ1) is 13.0. The summed E-state index contributed by atoms with van der Waals surface area (Å²) in [7, 11) is 0. The highest BCUT2D eigenvalue weighted by atomic mass is 35.5. The highest BCUT2D eigenvalue weighted by Gasteiger charge is 2.23. The van der Waals surface area contributed by atoms with Crippen molar-refractivity contribution in [3.05, 3.63) is 47.0 Å². The lowest BCUT2D eigenvalue weighted by Crippen LogP contribution is -2.40. The van der Waals surface area contributed by atoms with Gasteiger partial charge in [0, 0.05) is 17.1 Å². The van der Waals surface area contributed by atoms with Gasteiger partial charge in [0.15, 0.2) is 11.5 Å². The van der Waals surface area contributed by atoms with Crippen LogP contribution in [0.3, 0.4) is 0 Å². The van der Waals surface area contributed by atoms with Gasteiger partial charge in [-0.1, -0.05) is 37.6 Å². The number of amides is 1. The van der Waals surface area contributed by atoms with E-state index in [9.17, 15) is 9.90 Å². The number of halogens is 1. The van der Waals surface area contributed by atoms with Gasteiger partial charge >= 0.3 is 0 Å². The minimum Gasteiger partial charge on any atom is -0.504 e. The van der Waals surface area contributed by atoms with Crippen LogP contribution in [0.25, 0.3) is 11.1 Å². The van der Waals surface area contributed by atoms with Crippen molar-refractivity contribution in [2.75, 3.05) is 32.8 Å². The minimum atomic E-state index is 0.0720. The van der Waals surface area contributed by atoms with E-state index in [2.05, 4.69) is 4.90 Å². The maximum atomic E-state index is 12.7. The van der Waals surface area contributed by atoms with Gasteiger partial charge in [-0.2, -0.15) is 0 Å². The molecule has 0 fully saturated rings. The third-order valence-electron chi connectivity index (χ3n) is 4.88. The number of ether oxygens (including phenoxy) is 1. The van der Waals surface area contributed by atoms with E-state index in [0.29, 0.717) is 37.0 Å². The van der Waals surface area contributed by atoms with Gasteiger partial charge in [0.25, 0.3) is 0 Å². The summed E-state index contributed by atoms with van der Waals surface area (Å²) in [4.78, 5) is 16.6. The topological polar surface area (TPSA) is 53.0 Å². The highest BCUT2D eigenvalue weighted by Crippen LogP contribution is 2.38. The summed E-state index contributed by atoms with van der Waals surface area (Å²) in [6, 6.07) is 11.1. The smallest absolute Gasteiger partial charge is 0.237 e. The molecule has 1 heterocycles. The van der Waals surface area contributed by atoms with Gasteiger partial charge < -0.3 is 14.7 Å². The molecule has 0 saturated heterocycles. The summed E-state index contributed by atoms with van der Waals surface area (Å²) >= 11 is 6.10. The van der Waals surface area contributed by atoms with Crippen LogP contribution in [0.1, 0.15) is 19.4 Å². The van der Waals surface area contributed by atoms with Crippen LogP contribution in [0.15, 0.2) is 36.4 Å². The molecule has 2 aromatic carbocycles. The first-order valence-corrected chi connectivity index (χ1v) is 9.64. The summed E-state index contributed by atoms with van der Waals surface area (Å²) < 4.78 is 5.75. The Balaban J connectivity index is 1.88. The molecule has 0 aliphatic carbocycles. The number of aromatic hydroxyl groups is 1. The molecule has 1 aliphatic heterocycles. The number of carbonyl (C=O) groups excluding carboxylic acids is 1. The molecule has 0 unspecified atom stereocenters. The fourth-order valence-corrected chi connectivity index (χ4v) is 3.48. The second-order valence-corrected chi connectivity index (χ2v) is 7.06. The van der Waals surface area contributed by atoms with E-state index in [4.69, 9.17) is 16.3 Å². The van der Waals surface area contributed by atoms with Gasteiger partial charge in [0.2, 0.25) is 5.91 Å². The van der Waals surface area contributed by atoms with E-state index >= 15 is 0 Å². The quantitative estimate of drug-likeness (QED) is 0.847. The van der Waals surface area contributed by atoms with E-state index < -0.39 is 0 Å². The van der Waals surface area contributed by atoms with Crippen LogP contribution in [0.4, 0.5) is 0 Å². The Morgan fingerprint density at radius 2 is 2.00 bits per heavy atom. The lowest BCUT2D eigenvalue weighted by atomic mass is 10.0. The zero-order chi connectivity index (χ0) is 19.4. The molecule has 2 aromatic rings. The van der Waals surface area contributed by atoms with Gasteiger partial charge in [-0.25, -0.2) is 0 Å². The summed E-state index contributed by atoms with van der Waals surface area (Å²) in [5.41, 5.74) is 2.55. The molecular weight excluding hydrogens is 364 g/mol. The number of phenolic OH excluding ortho intramolecular Hbond substituents is 1. The fourth-order valence-electron chi connectivity index (χ4n) is 3.29. The average Bonchev–Trinajstić information content (AvgIpc) is 2.89. The lowest BCUT2D eigenvalue weighted by Gasteiger charge is -2.24. The number of hydrogen-bond acceptors (Lipinski definition) is 4. The van der Waals surface area contributed by atoms with Gasteiger partial charge in [-0.3, -0.25) is 9.69 Å². The van der Waals surface area contributed by atoms with Gasteiger partial charge in [-0.15, -0.1) is 0 Å². The number of fused-ring (bicyclic) bond motifs is 1. The summed E-state index contributed by atoms with van der Waals surface area (Å²) in [5.74, 6) is 0.613. The SMILES string of the molecule is CCN(CC)CC(=O)N1CCOc2c(O)cc(-c3cccc(Cl)c3)cc2C1. The maximum Gasteiger partial charge on any atom is 0.237 e. The second kappa shape index (κ2) is 8.63. The van der Waals surface area contributed by atoms with E-state index in [1.807, 2.05) is 44.2 Å². The normalized spacial score (nSPS) is 13.9. The van der Waals surface area contributed by atoms with E-state index in [1.165, 1.54) is 0 Å². The predicted octanol–water partition coefficient (Wildman–Crippen LogP) is 3.78. The number of hydrogen-bond donors (Lipinski definition) is 1. The summed E-state index contributed by atoms with van der Waals surface area (Å²) in [6.45, 7) is 7.44. The molecule has 0 radical (unpaired) electrons. The number of benzene rings is 2. The van der Waals surface area contributed by atoms with Gasteiger partial charge in [0.05, 0.1) is 13.1 Å². The number of carbonyl (C=O) groups is 1. The second-order valence-electron chi connectivity index (χ2n) is 6.62. The zero-order valence-electron chi connectivity index (χ0n) is 15.7. The van der Waals surface area contributed by atoms with E-state index in [1.54, 1.807) is 11.0 Å². The summed E-state index contributed by atoms with van der Waals surface area (Å²) in [6.07, 6.45) is 0. The van der Waals surface area contributed by atoms with Gasteiger partial charge in [-0.05, 0) is 48.5 Å². The zero-order valence-corrected chi connectivity index (χ0v) is 16.5. The minimum absolute atomic E-state index is 0.0720. The molecule has 3 rings (SSSR count). The molecule has 0 spiro atoms. The van der Waals surface area contributed by atoms with Crippen LogP contribution < -0.4 is 4.74 Å². The summed E-state index contributed by atoms with van der Waals surface area (Å²) in [5, 5.41) is 11.1. The van der Waals surface area contributed by atoms with Gasteiger partial charge in [0.1, 0.15) is 6.61 Å². The first kappa shape index (κ1) is 19.5. The third kappa shape index (κ3) is 4.54. The first-order valence-electron chi connectivity index (χ1n) is 9.26.